The summed E-state index contributed by atoms with van der Waals surface area (Å²) in [6, 6.07) is -1.17. The Morgan fingerprint density at radius 2 is 1.61 bits per heavy atom. The number of carbonyl (C=O) groups is 5. The topological polar surface area (TPSA) is 186 Å². The van der Waals surface area contributed by atoms with Gasteiger partial charge in [-0.15, -0.1) is 0 Å². The fraction of sp³-hybridized carbons (Fsp3) is 0.740. The summed E-state index contributed by atoms with van der Waals surface area (Å²) in [5.41, 5.74) is 0.969. The van der Waals surface area contributed by atoms with Crippen molar-refractivity contribution in [3.63, 3.8) is 0 Å². The number of rotatable bonds is 5. The lowest BCUT2D eigenvalue weighted by molar-refractivity contribution is -0.265. The molecule has 15 atom stereocenters. The third-order valence-corrected chi connectivity index (χ3v) is 14.2. The van der Waals surface area contributed by atoms with Crippen LogP contribution in [-0.2, 0) is 42.9 Å². The number of ether oxygens (including phenoxy) is 4. The molecule has 13 nitrogen and oxygen atoms in total. The predicted molar refractivity (Wildman–Crippen MR) is 239 cm³/mol. The van der Waals surface area contributed by atoms with Gasteiger partial charge in [0.15, 0.2) is 12.0 Å². The van der Waals surface area contributed by atoms with Gasteiger partial charge < -0.3 is 39.2 Å². The highest BCUT2D eigenvalue weighted by atomic mass is 19.1. The number of hydrogen-bond acceptors (Lipinski definition) is 12. The first-order valence-corrected chi connectivity index (χ1v) is 23.5. The number of halogens is 1. The van der Waals surface area contributed by atoms with E-state index in [-0.39, 0.29) is 54.6 Å². The zero-order chi connectivity index (χ0) is 47.5. The van der Waals surface area contributed by atoms with Crippen molar-refractivity contribution in [1.82, 2.24) is 4.90 Å². The van der Waals surface area contributed by atoms with Gasteiger partial charge in [0.25, 0.3) is 11.7 Å². The number of Topliss-reactive ketones (excluding diaryl/α,β-unsaturated/α-hetero) is 3. The van der Waals surface area contributed by atoms with Gasteiger partial charge in [-0.3, -0.25) is 19.2 Å². The summed E-state index contributed by atoms with van der Waals surface area (Å²) in [6.45, 7) is 12.1. The summed E-state index contributed by atoms with van der Waals surface area (Å²) in [7, 11) is 3.10. The molecule has 3 fully saturated rings. The lowest BCUT2D eigenvalue weighted by Crippen LogP contribution is -2.61. The van der Waals surface area contributed by atoms with Gasteiger partial charge in [-0.05, 0) is 107 Å². The number of fused-ring (bicyclic) bond motifs is 3. The van der Waals surface area contributed by atoms with Crippen molar-refractivity contribution >= 4 is 29.2 Å². The Labute approximate surface area is 379 Å². The van der Waals surface area contributed by atoms with Gasteiger partial charge in [-0.2, -0.15) is 0 Å². The number of nitrogens with zero attached hydrogens (tertiary/aromatic N) is 1. The molecule has 1 aliphatic carbocycles. The Balaban J connectivity index is 1.69. The standard InChI is InChI=1S/C50H76FNO12/c1-29-15-11-10-12-16-30(2)41(61-8)27-37-20-18-35(7)50(60,64-37)47(57)48(58)52-22-14-13-17-38(52)49(59)63-42(32(4)25-36-19-21-39(53)43(26-36)62-9)28-40(54)31(3)24-34(6)46(56)44(51)45(55)33(5)23-29/h10-12,15-16,24,29,31-33,35-39,41-44,46,53,56,60H,13-14,17-23,25-28H2,1-9H3/b12-10?,15-11+,30-16?,34-24+/t29-,31-,32-,33-,35-,36+,37+,38+,39-,41+,42?,43-,44+,46-,50-/m1/s1. The Kier molecular flexibility index (Phi) is 20.3. The maximum atomic E-state index is 15.6. The van der Waals surface area contributed by atoms with Crippen molar-refractivity contribution < 1.29 is 62.6 Å². The molecule has 4 aliphatic rings. The van der Waals surface area contributed by atoms with E-state index in [1.54, 1.807) is 35.0 Å². The van der Waals surface area contributed by atoms with Crippen LogP contribution in [0.25, 0.3) is 0 Å². The van der Waals surface area contributed by atoms with E-state index in [0.29, 0.717) is 64.2 Å². The van der Waals surface area contributed by atoms with Gasteiger partial charge in [-0.25, -0.2) is 9.18 Å². The zero-order valence-corrected chi connectivity index (χ0v) is 39.6. The molecule has 0 aromatic rings. The quantitative estimate of drug-likeness (QED) is 0.155. The van der Waals surface area contributed by atoms with Crippen LogP contribution in [0.5, 0.6) is 0 Å². The highest BCUT2D eigenvalue weighted by Crippen LogP contribution is 2.38. The van der Waals surface area contributed by atoms with Crippen LogP contribution in [0.15, 0.2) is 47.6 Å². The summed E-state index contributed by atoms with van der Waals surface area (Å²) >= 11 is 0. The van der Waals surface area contributed by atoms with E-state index in [4.69, 9.17) is 18.9 Å². The number of allylic oxidation sites excluding steroid dienone is 6. The Morgan fingerprint density at radius 3 is 2.30 bits per heavy atom. The van der Waals surface area contributed by atoms with Crippen molar-refractivity contribution in [2.45, 2.75) is 180 Å². The number of cyclic esters (lactones) is 1. The summed E-state index contributed by atoms with van der Waals surface area (Å²) in [6.07, 6.45) is 8.62. The first-order chi connectivity index (χ1) is 30.2. The van der Waals surface area contributed by atoms with Gasteiger partial charge in [-0.1, -0.05) is 71.1 Å². The molecule has 360 valence electrons. The van der Waals surface area contributed by atoms with E-state index in [1.165, 1.54) is 13.0 Å². The molecular formula is C50H76FNO12. The number of carbonyl (C=O) groups excluding carboxylic acids is 5. The van der Waals surface area contributed by atoms with Gasteiger partial charge in [0.1, 0.15) is 24.0 Å². The lowest BCUT2D eigenvalue weighted by atomic mass is 9.78. The van der Waals surface area contributed by atoms with Crippen LogP contribution >= 0.6 is 0 Å². The summed E-state index contributed by atoms with van der Waals surface area (Å²) < 4.78 is 39.3. The van der Waals surface area contributed by atoms with Crippen LogP contribution in [0.1, 0.15) is 126 Å². The van der Waals surface area contributed by atoms with E-state index >= 15 is 4.39 Å². The van der Waals surface area contributed by atoms with Crippen molar-refractivity contribution in [2.75, 3.05) is 20.8 Å². The molecule has 1 unspecified atom stereocenters. The van der Waals surface area contributed by atoms with Crippen molar-refractivity contribution in [3.8, 4) is 0 Å². The summed E-state index contributed by atoms with van der Waals surface area (Å²) in [5, 5.41) is 33.3. The molecule has 2 bridgehead atoms. The Hall–Kier alpha value is -3.40. The largest absolute Gasteiger partial charge is 0.460 e. The van der Waals surface area contributed by atoms with Crippen LogP contribution in [0.3, 0.4) is 0 Å². The molecule has 1 amide bonds. The first-order valence-electron chi connectivity index (χ1n) is 23.5. The SMILES string of the molecule is CO[C@H]1C[C@@H]2CC[C@@H](C)[C@@](O)(O2)C(=O)C(=O)N2CCCC[C@H]2C(=O)OC([C@H](C)C[C@@H]2CC[C@@H](O)[C@H](OC)C2)CC(=O)[C@H](C)/C=C(\C)[C@@H](O)[C@@H](F)C(=O)[C@H](C)C[C@H](C)/C=C/C=CC=C1C. The van der Waals surface area contributed by atoms with Crippen LogP contribution in [0.4, 0.5) is 4.39 Å². The molecule has 4 rings (SSSR count). The molecule has 14 heteroatoms. The minimum absolute atomic E-state index is 0.0673. The van der Waals surface area contributed by atoms with Gasteiger partial charge in [0.05, 0.1) is 24.4 Å². The van der Waals surface area contributed by atoms with Crippen LogP contribution in [0.2, 0.25) is 0 Å². The number of methoxy groups -OCH3 is 2. The molecular weight excluding hydrogens is 826 g/mol. The predicted octanol–water partition coefficient (Wildman–Crippen LogP) is 6.50. The monoisotopic (exact) mass is 902 g/mol. The first kappa shape index (κ1) is 53.2. The maximum absolute atomic E-state index is 15.6. The number of amides is 1. The lowest BCUT2D eigenvalue weighted by Gasteiger charge is -2.42. The van der Waals surface area contributed by atoms with Crippen LogP contribution < -0.4 is 0 Å². The Bertz CT molecular complexity index is 1740. The minimum atomic E-state index is -2.44. The van der Waals surface area contributed by atoms with Crippen molar-refractivity contribution in [3.05, 3.63) is 47.6 Å². The number of aliphatic hydroxyl groups excluding tert-OH is 2. The Morgan fingerprint density at radius 1 is 0.891 bits per heavy atom. The molecule has 3 heterocycles. The van der Waals surface area contributed by atoms with Crippen LogP contribution in [-0.4, -0.2) is 125 Å². The maximum Gasteiger partial charge on any atom is 0.329 e. The van der Waals surface area contributed by atoms with E-state index in [0.717, 1.165) is 10.5 Å². The second kappa shape index (κ2) is 24.4. The molecule has 0 aromatic carbocycles. The number of hydrogen-bond donors (Lipinski definition) is 3. The molecule has 0 aromatic heterocycles. The average Bonchev–Trinajstić information content (AvgIpc) is 3.27. The fourth-order valence-electron chi connectivity index (χ4n) is 9.85. The fourth-order valence-corrected chi connectivity index (χ4v) is 9.85. The molecule has 64 heavy (non-hydrogen) atoms. The second-order valence-electron chi connectivity index (χ2n) is 19.3. The summed E-state index contributed by atoms with van der Waals surface area (Å²) in [4.78, 5) is 71.0. The molecule has 2 saturated heterocycles. The van der Waals surface area contributed by atoms with E-state index in [2.05, 4.69) is 0 Å². The highest BCUT2D eigenvalue weighted by molar-refractivity contribution is 6.39. The number of alkyl halides is 1. The van der Waals surface area contributed by atoms with Gasteiger partial charge in [0, 0.05) is 51.4 Å². The number of esters is 1. The number of aliphatic hydroxyl groups is 3. The van der Waals surface area contributed by atoms with Crippen LogP contribution in [0, 0.1) is 35.5 Å². The molecule has 3 aliphatic heterocycles. The number of piperidine rings is 1. The third-order valence-electron chi connectivity index (χ3n) is 14.2. The summed E-state index contributed by atoms with van der Waals surface area (Å²) in [5.74, 6) is -9.17. The van der Waals surface area contributed by atoms with Gasteiger partial charge in [0.2, 0.25) is 5.79 Å². The zero-order valence-electron chi connectivity index (χ0n) is 39.6. The van der Waals surface area contributed by atoms with Crippen molar-refractivity contribution in [1.29, 1.82) is 0 Å². The smallest absolute Gasteiger partial charge is 0.329 e. The van der Waals surface area contributed by atoms with E-state index < -0.39 is 89.7 Å². The van der Waals surface area contributed by atoms with Gasteiger partial charge >= 0.3 is 5.97 Å². The minimum Gasteiger partial charge on any atom is -0.460 e. The molecule has 1 saturated carbocycles. The second-order valence-corrected chi connectivity index (χ2v) is 19.3. The van der Waals surface area contributed by atoms with Crippen molar-refractivity contribution in [2.24, 2.45) is 35.5 Å². The molecule has 0 radical (unpaired) electrons. The average molecular weight is 902 g/mol. The molecule has 3 N–H and O–H groups in total. The molecule has 0 spiro atoms. The number of ketones is 3. The normalized spacial score (nSPS) is 39.5. The van der Waals surface area contributed by atoms with E-state index in [9.17, 15) is 39.3 Å². The third kappa shape index (κ3) is 13.8. The highest BCUT2D eigenvalue weighted by Gasteiger charge is 2.53. The van der Waals surface area contributed by atoms with E-state index in [1.807, 2.05) is 51.2 Å².